The molecule has 7 nitrogen and oxygen atoms in total. The van der Waals surface area contributed by atoms with Crippen molar-refractivity contribution in [1.29, 1.82) is 0 Å². The summed E-state index contributed by atoms with van der Waals surface area (Å²) in [5, 5.41) is 5.11. The molecule has 0 amide bonds. The van der Waals surface area contributed by atoms with Gasteiger partial charge in [0.25, 0.3) is 0 Å². The monoisotopic (exact) mass is 375 g/mol. The van der Waals surface area contributed by atoms with E-state index < -0.39 is 16.0 Å². The third-order valence-electron chi connectivity index (χ3n) is 4.06. The van der Waals surface area contributed by atoms with E-state index in [1.807, 2.05) is 0 Å². The number of ether oxygens (including phenoxy) is 3. The molecular formula is C18H17NO6S. The van der Waals surface area contributed by atoms with E-state index in [9.17, 15) is 13.2 Å². The number of esters is 1. The maximum atomic E-state index is 12.2. The van der Waals surface area contributed by atoms with E-state index in [-0.39, 0.29) is 11.5 Å². The van der Waals surface area contributed by atoms with Crippen LogP contribution >= 0.6 is 0 Å². The highest BCUT2D eigenvalue weighted by Crippen LogP contribution is 2.37. The maximum absolute atomic E-state index is 12.2. The lowest BCUT2D eigenvalue weighted by Crippen LogP contribution is -2.12. The number of hydrogen-bond donors (Lipinski definition) is 1. The largest absolute Gasteiger partial charge is 0.493 e. The third kappa shape index (κ3) is 3.29. The molecule has 26 heavy (non-hydrogen) atoms. The molecule has 0 aliphatic carbocycles. The van der Waals surface area contributed by atoms with Gasteiger partial charge in [-0.15, -0.1) is 0 Å². The number of cyclic esters (lactones) is 1. The molecule has 0 saturated carbocycles. The first-order chi connectivity index (χ1) is 12.3. The molecule has 3 rings (SSSR count). The Morgan fingerprint density at radius 1 is 0.962 bits per heavy atom. The lowest BCUT2D eigenvalue weighted by molar-refractivity contribution is -0.133. The number of rotatable bonds is 5. The number of methoxy groups -OCH3 is 2. The Morgan fingerprint density at radius 2 is 1.58 bits per heavy atom. The number of benzene rings is 2. The normalized spacial score (nSPS) is 14.3. The fourth-order valence-electron chi connectivity index (χ4n) is 2.76. The molecule has 0 bridgehead atoms. The smallest absolute Gasteiger partial charge is 0.339 e. The van der Waals surface area contributed by atoms with Crippen LogP contribution in [-0.2, 0) is 19.6 Å². The van der Waals surface area contributed by atoms with Gasteiger partial charge < -0.3 is 14.2 Å². The molecule has 0 unspecified atom stereocenters. The molecule has 1 heterocycles. The SMILES string of the molecule is COc1ccc(C2=C(c3ccc(S(N)(=O)=O)cc3)C(=O)OC2)cc1OC. The molecule has 0 fully saturated rings. The number of sulfonamides is 1. The topological polar surface area (TPSA) is 105 Å². The van der Waals surface area contributed by atoms with Crippen molar-refractivity contribution in [2.24, 2.45) is 5.14 Å². The molecular weight excluding hydrogens is 358 g/mol. The van der Waals surface area contributed by atoms with Gasteiger partial charge in [-0.25, -0.2) is 18.4 Å². The molecule has 0 atom stereocenters. The minimum atomic E-state index is -3.80. The van der Waals surface area contributed by atoms with E-state index >= 15 is 0 Å². The minimum Gasteiger partial charge on any atom is -0.493 e. The summed E-state index contributed by atoms with van der Waals surface area (Å²) in [4.78, 5) is 12.2. The average Bonchev–Trinajstić information content (AvgIpc) is 3.02. The lowest BCUT2D eigenvalue weighted by Gasteiger charge is -2.10. The number of nitrogens with two attached hydrogens (primary N) is 1. The first-order valence-corrected chi connectivity index (χ1v) is 9.15. The van der Waals surface area contributed by atoms with Crippen LogP contribution in [0, 0.1) is 0 Å². The van der Waals surface area contributed by atoms with Crippen LogP contribution in [0.25, 0.3) is 11.1 Å². The first-order valence-electron chi connectivity index (χ1n) is 7.61. The van der Waals surface area contributed by atoms with Gasteiger partial charge in [0.15, 0.2) is 11.5 Å². The van der Waals surface area contributed by atoms with Crippen molar-refractivity contribution >= 4 is 27.1 Å². The molecule has 0 spiro atoms. The standard InChI is InChI=1S/C18H17NO6S/c1-23-15-8-5-12(9-16(15)24-2)14-10-25-18(20)17(14)11-3-6-13(7-4-11)26(19,21)22/h3-9H,10H2,1-2H3,(H2,19,21,22). The zero-order chi connectivity index (χ0) is 18.9. The van der Waals surface area contributed by atoms with Crippen molar-refractivity contribution in [1.82, 2.24) is 0 Å². The predicted octanol–water partition coefficient (Wildman–Crippen LogP) is 1.82. The summed E-state index contributed by atoms with van der Waals surface area (Å²) in [6.45, 7) is 0.112. The zero-order valence-electron chi connectivity index (χ0n) is 14.2. The highest BCUT2D eigenvalue weighted by atomic mass is 32.2. The molecule has 0 saturated heterocycles. The molecule has 2 aromatic rings. The van der Waals surface area contributed by atoms with Crippen LogP contribution in [0.3, 0.4) is 0 Å². The van der Waals surface area contributed by atoms with E-state index in [1.165, 1.54) is 38.5 Å². The van der Waals surface area contributed by atoms with Gasteiger partial charge in [0.05, 0.1) is 24.7 Å². The molecule has 1 aliphatic rings. The van der Waals surface area contributed by atoms with E-state index in [0.29, 0.717) is 28.2 Å². The van der Waals surface area contributed by atoms with Gasteiger partial charge in [0, 0.05) is 5.57 Å². The highest BCUT2D eigenvalue weighted by Gasteiger charge is 2.28. The fourth-order valence-corrected chi connectivity index (χ4v) is 3.28. The Hall–Kier alpha value is -2.84. The van der Waals surface area contributed by atoms with Gasteiger partial charge in [0.2, 0.25) is 10.0 Å². The molecule has 0 aromatic heterocycles. The van der Waals surface area contributed by atoms with Crippen LogP contribution < -0.4 is 14.6 Å². The Bertz CT molecular complexity index is 993. The van der Waals surface area contributed by atoms with Crippen molar-refractivity contribution in [2.75, 3.05) is 20.8 Å². The van der Waals surface area contributed by atoms with Crippen molar-refractivity contribution in [3.63, 3.8) is 0 Å². The Kier molecular flexibility index (Phi) is 4.71. The van der Waals surface area contributed by atoms with Gasteiger partial charge >= 0.3 is 5.97 Å². The lowest BCUT2D eigenvalue weighted by atomic mass is 9.96. The zero-order valence-corrected chi connectivity index (χ0v) is 15.0. The fraction of sp³-hybridized carbons (Fsp3) is 0.167. The van der Waals surface area contributed by atoms with Crippen LogP contribution in [0.1, 0.15) is 11.1 Å². The van der Waals surface area contributed by atoms with Crippen LogP contribution in [0.2, 0.25) is 0 Å². The molecule has 2 N–H and O–H groups in total. The third-order valence-corrected chi connectivity index (χ3v) is 4.99. The molecule has 0 radical (unpaired) electrons. The molecule has 2 aromatic carbocycles. The molecule has 8 heteroatoms. The Labute approximate surface area is 151 Å². The number of carbonyl (C=O) groups is 1. The first kappa shape index (κ1) is 18.0. The van der Waals surface area contributed by atoms with Crippen LogP contribution in [0.5, 0.6) is 11.5 Å². The Morgan fingerprint density at radius 3 is 2.15 bits per heavy atom. The van der Waals surface area contributed by atoms with E-state index in [1.54, 1.807) is 18.2 Å². The summed E-state index contributed by atoms with van der Waals surface area (Å²) in [7, 11) is -0.736. The average molecular weight is 375 g/mol. The van der Waals surface area contributed by atoms with Gasteiger partial charge in [-0.1, -0.05) is 18.2 Å². The molecule has 136 valence electrons. The summed E-state index contributed by atoms with van der Waals surface area (Å²) < 4.78 is 38.5. The Balaban J connectivity index is 2.10. The molecule has 1 aliphatic heterocycles. The predicted molar refractivity (Wildman–Crippen MR) is 95.1 cm³/mol. The second kappa shape index (κ2) is 6.81. The van der Waals surface area contributed by atoms with Crippen LogP contribution in [0.4, 0.5) is 0 Å². The van der Waals surface area contributed by atoms with Crippen molar-refractivity contribution in [3.8, 4) is 11.5 Å². The van der Waals surface area contributed by atoms with Gasteiger partial charge in [-0.2, -0.15) is 0 Å². The second-order valence-electron chi connectivity index (χ2n) is 5.57. The summed E-state index contributed by atoms with van der Waals surface area (Å²) >= 11 is 0. The quantitative estimate of drug-likeness (QED) is 0.799. The van der Waals surface area contributed by atoms with E-state index in [0.717, 1.165) is 5.56 Å². The highest BCUT2D eigenvalue weighted by molar-refractivity contribution is 7.89. The summed E-state index contributed by atoms with van der Waals surface area (Å²) in [6, 6.07) is 11.1. The maximum Gasteiger partial charge on any atom is 0.339 e. The van der Waals surface area contributed by atoms with Gasteiger partial charge in [0.1, 0.15) is 6.61 Å². The summed E-state index contributed by atoms with van der Waals surface area (Å²) in [6.07, 6.45) is 0. The van der Waals surface area contributed by atoms with Crippen LogP contribution in [0.15, 0.2) is 47.4 Å². The minimum absolute atomic E-state index is 0.0270. The van der Waals surface area contributed by atoms with Crippen molar-refractivity contribution in [2.45, 2.75) is 4.90 Å². The van der Waals surface area contributed by atoms with E-state index in [2.05, 4.69) is 0 Å². The number of carbonyl (C=O) groups excluding carboxylic acids is 1. The number of primary sulfonamides is 1. The van der Waals surface area contributed by atoms with Gasteiger partial charge in [-0.05, 0) is 35.4 Å². The van der Waals surface area contributed by atoms with E-state index in [4.69, 9.17) is 19.3 Å². The van der Waals surface area contributed by atoms with Gasteiger partial charge in [-0.3, -0.25) is 0 Å². The summed E-state index contributed by atoms with van der Waals surface area (Å²) in [5.74, 6) is 0.625. The summed E-state index contributed by atoms with van der Waals surface area (Å²) in [5.41, 5.74) is 2.35. The van der Waals surface area contributed by atoms with Crippen molar-refractivity contribution in [3.05, 3.63) is 53.6 Å². The van der Waals surface area contributed by atoms with Crippen molar-refractivity contribution < 1.29 is 27.4 Å². The second-order valence-corrected chi connectivity index (χ2v) is 7.13. The van der Waals surface area contributed by atoms with Crippen LogP contribution in [-0.4, -0.2) is 35.2 Å². The number of hydrogen-bond acceptors (Lipinski definition) is 6.